The van der Waals surface area contributed by atoms with Gasteiger partial charge in [-0.3, -0.25) is 14.5 Å². The van der Waals surface area contributed by atoms with Crippen LogP contribution in [-0.2, 0) is 22.3 Å². The highest BCUT2D eigenvalue weighted by Gasteiger charge is 2.42. The molecule has 1 atom stereocenters. The number of anilines is 1. The maximum absolute atomic E-state index is 14.2. The molecule has 1 aliphatic rings. The molecule has 2 amide bonds. The van der Waals surface area contributed by atoms with Gasteiger partial charge in [-0.25, -0.2) is 0 Å². The van der Waals surface area contributed by atoms with Crippen LogP contribution in [0.4, 0.5) is 18.9 Å². The Balaban J connectivity index is 1.56. The summed E-state index contributed by atoms with van der Waals surface area (Å²) < 4.78 is 53.9. The molecular weight excluding hydrogens is 541 g/mol. The van der Waals surface area contributed by atoms with E-state index in [0.717, 1.165) is 53.9 Å². The molecule has 0 radical (unpaired) electrons. The zero-order valence-corrected chi connectivity index (χ0v) is 22.5. The number of carbonyl (C=O) groups excluding carboxylic acids is 2. The number of nitrogens with zero attached hydrogens (tertiary/aromatic N) is 5. The zero-order chi connectivity index (χ0) is 29.1. The Hall–Kier alpha value is -4.42. The van der Waals surface area contributed by atoms with Crippen molar-refractivity contribution < 1.29 is 31.6 Å². The van der Waals surface area contributed by atoms with Crippen molar-refractivity contribution in [2.24, 2.45) is 0 Å². The molecule has 1 unspecified atom stereocenters. The summed E-state index contributed by atoms with van der Waals surface area (Å²) in [6.07, 6.45) is -0.452. The smallest absolute Gasteiger partial charge is 0.418 e. The first-order valence-corrected chi connectivity index (χ1v) is 13.3. The first kappa shape index (κ1) is 28.1. The zero-order valence-electron chi connectivity index (χ0n) is 22.5. The second-order valence-electron chi connectivity index (χ2n) is 10.0. The number of amides is 2. The van der Waals surface area contributed by atoms with E-state index in [-0.39, 0.29) is 17.6 Å². The third-order valence-corrected chi connectivity index (χ3v) is 6.92. The van der Waals surface area contributed by atoms with Crippen LogP contribution in [0.15, 0.2) is 57.4 Å². The maximum Gasteiger partial charge on any atom is 0.418 e. The second kappa shape index (κ2) is 11.6. The van der Waals surface area contributed by atoms with Gasteiger partial charge in [0.1, 0.15) is 23.8 Å². The molecule has 41 heavy (non-hydrogen) atoms. The molecule has 216 valence electrons. The predicted octanol–water partition coefficient (Wildman–Crippen LogP) is 5.39. The van der Waals surface area contributed by atoms with E-state index in [1.165, 1.54) is 18.2 Å². The van der Waals surface area contributed by atoms with Gasteiger partial charge in [-0.15, -0.1) is 10.2 Å². The normalized spacial score (nSPS) is 15.0. The van der Waals surface area contributed by atoms with Crippen molar-refractivity contribution in [3.63, 3.8) is 0 Å². The Morgan fingerprint density at radius 2 is 1.73 bits per heavy atom. The third kappa shape index (κ3) is 6.34. The molecule has 1 fully saturated rings. The van der Waals surface area contributed by atoms with Gasteiger partial charge < -0.3 is 14.2 Å². The van der Waals surface area contributed by atoms with Crippen LogP contribution in [0.1, 0.15) is 61.0 Å². The molecular formula is C28H29F3N6O4. The van der Waals surface area contributed by atoms with Crippen LogP contribution in [0.25, 0.3) is 11.6 Å². The predicted molar refractivity (Wildman–Crippen MR) is 140 cm³/mol. The van der Waals surface area contributed by atoms with Gasteiger partial charge in [0.25, 0.3) is 11.8 Å². The van der Waals surface area contributed by atoms with Gasteiger partial charge in [0.15, 0.2) is 11.8 Å². The average Bonchev–Trinajstić information content (AvgIpc) is 3.68. The van der Waals surface area contributed by atoms with Crippen molar-refractivity contribution in [3.8, 4) is 11.6 Å². The average molecular weight is 571 g/mol. The number of aromatic nitrogens is 4. The standard InChI is InChI=1S/C28H29F3N6O4/c1-17-12-14-22(40-17)25(27(39)32-19-8-4-3-5-9-19)37(21-11-7-6-10-20(21)28(29,30)31)24(38)16-36-34-26(33-35-36)23-15-13-18(2)41-23/h6-7,10-15,19,25H,3-5,8-9,16H2,1-2H3,(H,32,39). The van der Waals surface area contributed by atoms with Crippen molar-refractivity contribution in [1.82, 2.24) is 25.5 Å². The van der Waals surface area contributed by atoms with Gasteiger partial charge in [-0.2, -0.15) is 18.0 Å². The van der Waals surface area contributed by atoms with Gasteiger partial charge in [-0.1, -0.05) is 31.4 Å². The van der Waals surface area contributed by atoms with Gasteiger partial charge in [0.05, 0.1) is 11.3 Å². The molecule has 1 aromatic carbocycles. The quantitative estimate of drug-likeness (QED) is 0.302. The van der Waals surface area contributed by atoms with Crippen LogP contribution >= 0.6 is 0 Å². The van der Waals surface area contributed by atoms with Crippen LogP contribution in [0.5, 0.6) is 0 Å². The number of aryl methyl sites for hydroxylation is 2. The van der Waals surface area contributed by atoms with E-state index in [0.29, 0.717) is 17.3 Å². The minimum atomic E-state index is -4.81. The number of benzene rings is 1. The minimum absolute atomic E-state index is 0.0273. The summed E-state index contributed by atoms with van der Waals surface area (Å²) in [7, 11) is 0. The molecule has 3 heterocycles. The number of para-hydroxylation sites is 1. The van der Waals surface area contributed by atoms with Crippen LogP contribution in [0, 0.1) is 13.8 Å². The molecule has 0 saturated heterocycles. The maximum atomic E-state index is 14.2. The highest BCUT2D eigenvalue weighted by Crippen LogP contribution is 2.40. The van der Waals surface area contributed by atoms with E-state index >= 15 is 0 Å². The highest BCUT2D eigenvalue weighted by atomic mass is 19.4. The van der Waals surface area contributed by atoms with Crippen LogP contribution in [-0.4, -0.2) is 38.1 Å². The largest absolute Gasteiger partial charge is 0.464 e. The first-order chi connectivity index (χ1) is 19.6. The fraction of sp³-hybridized carbons (Fsp3) is 0.393. The molecule has 4 aromatic rings. The van der Waals surface area contributed by atoms with Gasteiger partial charge >= 0.3 is 6.18 Å². The monoisotopic (exact) mass is 570 g/mol. The Bertz CT molecular complexity index is 1520. The molecule has 1 saturated carbocycles. The van der Waals surface area contributed by atoms with Crippen LogP contribution in [0.2, 0.25) is 0 Å². The summed E-state index contributed by atoms with van der Waals surface area (Å²) in [5, 5.41) is 14.9. The lowest BCUT2D eigenvalue weighted by molar-refractivity contribution is -0.137. The van der Waals surface area contributed by atoms with Crippen molar-refractivity contribution in [2.45, 2.75) is 70.8 Å². The van der Waals surface area contributed by atoms with E-state index in [1.807, 2.05) is 0 Å². The van der Waals surface area contributed by atoms with Gasteiger partial charge in [0.2, 0.25) is 5.82 Å². The number of nitrogens with one attached hydrogen (secondary N) is 1. The van der Waals surface area contributed by atoms with Crippen molar-refractivity contribution in [2.75, 3.05) is 4.90 Å². The number of hydrogen-bond acceptors (Lipinski definition) is 7. The molecule has 1 N–H and O–H groups in total. The molecule has 13 heteroatoms. The Labute approximate surface area is 233 Å². The van der Waals surface area contributed by atoms with Gasteiger partial charge in [-0.05, 0) is 68.3 Å². The summed E-state index contributed by atoms with van der Waals surface area (Å²) >= 11 is 0. The van der Waals surface area contributed by atoms with Crippen molar-refractivity contribution in [1.29, 1.82) is 0 Å². The molecule has 0 spiro atoms. The Kier molecular flexibility index (Phi) is 7.95. The van der Waals surface area contributed by atoms with Crippen LogP contribution in [0.3, 0.4) is 0 Å². The number of furan rings is 2. The number of carbonyl (C=O) groups is 2. The lowest BCUT2D eigenvalue weighted by Gasteiger charge is -2.33. The summed E-state index contributed by atoms with van der Waals surface area (Å²) in [5.74, 6) is -0.0303. The highest BCUT2D eigenvalue weighted by molar-refractivity contribution is 6.01. The molecule has 0 bridgehead atoms. The molecule has 1 aliphatic carbocycles. The number of rotatable bonds is 8. The fourth-order valence-electron chi connectivity index (χ4n) is 5.00. The first-order valence-electron chi connectivity index (χ1n) is 13.3. The van der Waals surface area contributed by atoms with E-state index in [2.05, 4.69) is 20.7 Å². The summed E-state index contributed by atoms with van der Waals surface area (Å²) in [6, 6.07) is 9.34. The molecule has 5 rings (SSSR count). The van der Waals surface area contributed by atoms with E-state index in [4.69, 9.17) is 8.83 Å². The third-order valence-electron chi connectivity index (χ3n) is 6.92. The lowest BCUT2D eigenvalue weighted by atomic mass is 9.95. The Morgan fingerprint density at radius 3 is 2.39 bits per heavy atom. The molecule has 3 aromatic heterocycles. The summed E-state index contributed by atoms with van der Waals surface area (Å²) in [4.78, 5) is 29.5. The fourth-order valence-corrected chi connectivity index (χ4v) is 5.00. The minimum Gasteiger partial charge on any atom is -0.464 e. The second-order valence-corrected chi connectivity index (χ2v) is 10.0. The van der Waals surface area contributed by atoms with E-state index < -0.39 is 41.8 Å². The number of alkyl halides is 3. The molecule has 0 aliphatic heterocycles. The van der Waals surface area contributed by atoms with Crippen molar-refractivity contribution >= 4 is 17.5 Å². The van der Waals surface area contributed by atoms with E-state index in [9.17, 15) is 22.8 Å². The number of halogens is 3. The lowest BCUT2D eigenvalue weighted by Crippen LogP contribution is -2.48. The Morgan fingerprint density at radius 1 is 1.02 bits per heavy atom. The number of hydrogen-bond donors (Lipinski definition) is 1. The summed E-state index contributed by atoms with van der Waals surface area (Å²) in [5.41, 5.74) is -1.57. The number of tetrazole rings is 1. The SMILES string of the molecule is Cc1ccc(-c2nnn(CC(=O)N(c3ccccc3C(F)(F)F)C(C(=O)NC3CCCCC3)c3ccc(C)o3)n2)o1. The summed E-state index contributed by atoms with van der Waals surface area (Å²) in [6.45, 7) is 2.78. The van der Waals surface area contributed by atoms with Gasteiger partial charge in [0, 0.05) is 6.04 Å². The van der Waals surface area contributed by atoms with E-state index in [1.54, 1.807) is 32.0 Å². The topological polar surface area (TPSA) is 119 Å². The van der Waals surface area contributed by atoms with Crippen LogP contribution < -0.4 is 10.2 Å². The molecule has 10 nitrogen and oxygen atoms in total. The van der Waals surface area contributed by atoms with Crippen molar-refractivity contribution in [3.05, 3.63) is 71.4 Å².